The zero-order chi connectivity index (χ0) is 29.4. The third kappa shape index (κ3) is 8.18. The quantitative estimate of drug-likeness (QED) is 0.433. The van der Waals surface area contributed by atoms with E-state index in [2.05, 4.69) is 42.7 Å². The fourth-order valence-corrected chi connectivity index (χ4v) is 6.47. The van der Waals surface area contributed by atoms with Gasteiger partial charge in [-0.1, -0.05) is 93.0 Å². The Bertz CT molecular complexity index is 1100. The summed E-state index contributed by atoms with van der Waals surface area (Å²) in [5.74, 6) is 0.155. The maximum Gasteiger partial charge on any atom is 0.243 e. The van der Waals surface area contributed by atoms with E-state index in [0.717, 1.165) is 31.2 Å². The van der Waals surface area contributed by atoms with Gasteiger partial charge in [0, 0.05) is 37.4 Å². The molecule has 7 nitrogen and oxygen atoms in total. The normalized spacial score (nSPS) is 31.3. The van der Waals surface area contributed by atoms with Crippen molar-refractivity contribution in [1.29, 1.82) is 0 Å². The van der Waals surface area contributed by atoms with Crippen molar-refractivity contribution in [3.63, 3.8) is 0 Å². The average Bonchev–Trinajstić information content (AvgIpc) is 3.31. The Morgan fingerprint density at radius 3 is 2.73 bits per heavy atom. The summed E-state index contributed by atoms with van der Waals surface area (Å²) in [6.45, 7) is 6.98. The molecule has 0 spiro atoms. The lowest BCUT2D eigenvalue weighted by molar-refractivity contribution is -0.142. The Morgan fingerprint density at radius 2 is 1.98 bits per heavy atom. The van der Waals surface area contributed by atoms with Gasteiger partial charge in [0.2, 0.25) is 11.8 Å². The second kappa shape index (κ2) is 14.9. The number of likely N-dealkylation sites (N-methyl/N-ethyl adjacent to an activating group) is 1. The summed E-state index contributed by atoms with van der Waals surface area (Å²) in [7, 11) is 1.72. The van der Waals surface area contributed by atoms with Crippen LogP contribution in [-0.2, 0) is 20.7 Å². The smallest absolute Gasteiger partial charge is 0.243 e. The number of fused-ring (bicyclic) bond motifs is 5. The van der Waals surface area contributed by atoms with Crippen LogP contribution in [0.5, 0.6) is 0 Å². The molecule has 3 aliphatic rings. The Hall–Kier alpha value is -2.74. The first-order valence-corrected chi connectivity index (χ1v) is 15.4. The number of amides is 2. The molecule has 2 aliphatic carbocycles. The minimum atomic E-state index is -0.812. The maximum atomic E-state index is 13.8. The Kier molecular flexibility index (Phi) is 11.4. The first-order valence-electron chi connectivity index (χ1n) is 15.4. The lowest BCUT2D eigenvalue weighted by Crippen LogP contribution is -2.56. The number of nitrogens with one attached hydrogen (secondary N) is 2. The van der Waals surface area contributed by atoms with Crippen molar-refractivity contribution in [2.45, 2.75) is 89.6 Å². The molecule has 1 saturated carbocycles. The van der Waals surface area contributed by atoms with Gasteiger partial charge in [0.05, 0.1) is 24.9 Å². The second-order valence-corrected chi connectivity index (χ2v) is 12.1. The molecule has 3 unspecified atom stereocenters. The van der Waals surface area contributed by atoms with Crippen molar-refractivity contribution in [2.24, 2.45) is 17.8 Å². The third-order valence-electron chi connectivity index (χ3n) is 9.00. The van der Waals surface area contributed by atoms with Crippen LogP contribution in [0, 0.1) is 17.8 Å². The van der Waals surface area contributed by atoms with Crippen LogP contribution in [0.15, 0.2) is 66.3 Å². The molecule has 0 radical (unpaired) electrons. The van der Waals surface area contributed by atoms with Crippen LogP contribution in [0.3, 0.4) is 0 Å². The predicted molar refractivity (Wildman–Crippen MR) is 163 cm³/mol. The largest absolute Gasteiger partial charge is 0.390 e. The van der Waals surface area contributed by atoms with Gasteiger partial charge in [-0.3, -0.25) is 9.59 Å². The molecule has 0 saturated heterocycles. The van der Waals surface area contributed by atoms with Crippen molar-refractivity contribution in [2.75, 3.05) is 20.2 Å². The van der Waals surface area contributed by atoms with Gasteiger partial charge in [0.25, 0.3) is 0 Å². The number of ether oxygens (including phenoxy) is 1. The van der Waals surface area contributed by atoms with Crippen molar-refractivity contribution in [3.05, 3.63) is 71.8 Å². The van der Waals surface area contributed by atoms with E-state index in [4.69, 9.17) is 4.74 Å². The highest BCUT2D eigenvalue weighted by atomic mass is 16.5. The number of β-amino-alcohol motifs (C(OH)–C–C–N with tert-alkyl or cyclic N) is 1. The minimum absolute atomic E-state index is 0.0289. The lowest BCUT2D eigenvalue weighted by atomic mass is 9.86. The number of aliphatic hydroxyl groups excluding tert-OH is 1. The van der Waals surface area contributed by atoms with Gasteiger partial charge in [-0.05, 0) is 38.2 Å². The molecule has 2 amide bonds. The Morgan fingerprint density at radius 1 is 1.20 bits per heavy atom. The summed E-state index contributed by atoms with van der Waals surface area (Å²) in [4.78, 5) is 28.7. The Balaban J connectivity index is 1.58. The number of carbonyl (C=O) groups excluding carboxylic acids is 2. The van der Waals surface area contributed by atoms with Crippen molar-refractivity contribution in [1.82, 2.24) is 15.5 Å². The standard InChI is InChI=1S/C34H49N3O4/c1-5-6-12-24(3)34(40)37(4)30-15-10-11-18-41-32-21-28(27-19-23(2)16-17-26(27)32)35-22-31(38)29(36-33(30)39)20-25-13-8-7-9-14-25/h7-11,13-14,16-17,19,24,26-32,35,38H,5-6,12,15,18,20-22H2,1-4H3,(H,36,39)/t24-,26?,27?,28+,29-,30?,31+,32-/m0/s1. The van der Waals surface area contributed by atoms with Gasteiger partial charge in [-0.2, -0.15) is 0 Å². The molecule has 1 aliphatic heterocycles. The topological polar surface area (TPSA) is 90.9 Å². The summed E-state index contributed by atoms with van der Waals surface area (Å²) in [5, 5.41) is 18.2. The molecule has 4 rings (SSSR count). The van der Waals surface area contributed by atoms with E-state index in [1.54, 1.807) is 11.9 Å². The zero-order valence-electron chi connectivity index (χ0n) is 25.2. The summed E-state index contributed by atoms with van der Waals surface area (Å²) < 4.78 is 6.34. The van der Waals surface area contributed by atoms with Gasteiger partial charge in [0.15, 0.2) is 0 Å². The number of carbonyl (C=O) groups is 2. The minimum Gasteiger partial charge on any atom is -0.390 e. The fraction of sp³-hybridized carbons (Fsp3) is 0.588. The third-order valence-corrected chi connectivity index (χ3v) is 9.00. The highest BCUT2D eigenvalue weighted by Gasteiger charge is 2.42. The first-order chi connectivity index (χ1) is 19.8. The van der Waals surface area contributed by atoms with Crippen LogP contribution in [0.2, 0.25) is 0 Å². The molecule has 1 aromatic carbocycles. The molecule has 1 heterocycles. The van der Waals surface area contributed by atoms with E-state index in [0.29, 0.717) is 31.9 Å². The number of rotatable bonds is 7. The summed E-state index contributed by atoms with van der Waals surface area (Å²) in [5.41, 5.74) is 2.28. The molecule has 7 heteroatoms. The van der Waals surface area contributed by atoms with Gasteiger partial charge < -0.3 is 25.4 Å². The van der Waals surface area contributed by atoms with Crippen LogP contribution < -0.4 is 10.6 Å². The van der Waals surface area contributed by atoms with Crippen LogP contribution >= 0.6 is 0 Å². The highest BCUT2D eigenvalue weighted by molar-refractivity contribution is 5.88. The number of nitrogens with zero attached hydrogens (tertiary/aromatic N) is 1. The summed E-state index contributed by atoms with van der Waals surface area (Å²) in [6, 6.07) is 8.90. The van der Waals surface area contributed by atoms with E-state index in [-0.39, 0.29) is 35.8 Å². The van der Waals surface area contributed by atoms with E-state index in [1.807, 2.05) is 49.4 Å². The number of aliphatic hydroxyl groups is 1. The van der Waals surface area contributed by atoms with E-state index in [1.165, 1.54) is 5.57 Å². The molecule has 3 N–H and O–H groups in total. The van der Waals surface area contributed by atoms with Gasteiger partial charge in [-0.25, -0.2) is 0 Å². The number of unbranched alkanes of at least 4 members (excludes halogenated alkanes) is 1. The molecule has 2 bridgehead atoms. The molecule has 41 heavy (non-hydrogen) atoms. The lowest BCUT2D eigenvalue weighted by Gasteiger charge is -2.32. The van der Waals surface area contributed by atoms with E-state index < -0.39 is 18.2 Å². The maximum absolute atomic E-state index is 13.8. The highest BCUT2D eigenvalue weighted by Crippen LogP contribution is 2.39. The number of allylic oxidation sites excluding steroid dienone is 2. The van der Waals surface area contributed by atoms with Gasteiger partial charge >= 0.3 is 0 Å². The molecule has 1 aromatic rings. The molecule has 0 aromatic heterocycles. The summed E-state index contributed by atoms with van der Waals surface area (Å²) >= 11 is 0. The number of hydrogen-bond donors (Lipinski definition) is 3. The number of benzene rings is 1. The fourth-order valence-electron chi connectivity index (χ4n) is 6.47. The van der Waals surface area contributed by atoms with Crippen molar-refractivity contribution in [3.8, 4) is 0 Å². The van der Waals surface area contributed by atoms with E-state index >= 15 is 0 Å². The SMILES string of the molecule is CCCC[C@H](C)C(=O)N(C)C1CC=CCO[C@H]2C[C@@H](NC[C@@H](O)[C@H](Cc3ccccc3)NC1=O)C1C=C(C)C=CC12. The predicted octanol–water partition coefficient (Wildman–Crippen LogP) is 4.18. The van der Waals surface area contributed by atoms with Crippen LogP contribution in [0.1, 0.15) is 58.4 Å². The number of hydrogen-bond acceptors (Lipinski definition) is 5. The molecule has 224 valence electrons. The molecule has 1 fully saturated rings. The molecular weight excluding hydrogens is 514 g/mol. The van der Waals surface area contributed by atoms with E-state index in [9.17, 15) is 14.7 Å². The Labute approximate surface area is 246 Å². The van der Waals surface area contributed by atoms with Crippen LogP contribution in [0.4, 0.5) is 0 Å². The van der Waals surface area contributed by atoms with Crippen molar-refractivity contribution >= 4 is 11.8 Å². The van der Waals surface area contributed by atoms with Gasteiger partial charge in [-0.15, -0.1) is 0 Å². The average molecular weight is 564 g/mol. The van der Waals surface area contributed by atoms with Crippen LogP contribution in [-0.4, -0.2) is 72.4 Å². The van der Waals surface area contributed by atoms with Crippen molar-refractivity contribution < 1.29 is 19.4 Å². The van der Waals surface area contributed by atoms with Gasteiger partial charge in [0.1, 0.15) is 6.04 Å². The monoisotopic (exact) mass is 563 g/mol. The second-order valence-electron chi connectivity index (χ2n) is 12.1. The zero-order valence-corrected chi connectivity index (χ0v) is 25.2. The first kappa shape index (κ1) is 31.2. The molecular formula is C34H49N3O4. The van der Waals surface area contributed by atoms with Crippen LogP contribution in [0.25, 0.3) is 0 Å². The summed E-state index contributed by atoms with van der Waals surface area (Å²) in [6.07, 6.45) is 14.5. The molecule has 8 atom stereocenters.